The van der Waals surface area contributed by atoms with E-state index in [0.717, 1.165) is 5.56 Å². The molecule has 0 bridgehead atoms. The molecule has 0 aliphatic carbocycles. The Hall–Kier alpha value is -2.40. The van der Waals surface area contributed by atoms with E-state index in [0.29, 0.717) is 23.4 Å². The number of carbonyl (C=O) groups excluding carboxylic acids is 1. The molecule has 2 aromatic carbocycles. The minimum absolute atomic E-state index is 0.0117. The van der Waals surface area contributed by atoms with Crippen LogP contribution in [0.15, 0.2) is 48.5 Å². The van der Waals surface area contributed by atoms with Crippen LogP contribution >= 0.6 is 11.6 Å². The predicted octanol–water partition coefficient (Wildman–Crippen LogP) is 3.50. The molecule has 0 heterocycles. The Morgan fingerprint density at radius 1 is 1.18 bits per heavy atom. The highest BCUT2D eigenvalue weighted by atomic mass is 35.5. The van der Waals surface area contributed by atoms with Crippen LogP contribution in [0.4, 0.5) is 5.69 Å². The summed E-state index contributed by atoms with van der Waals surface area (Å²) in [5.41, 5.74) is 1.48. The van der Waals surface area contributed by atoms with Crippen LogP contribution in [0, 0.1) is 10.1 Å². The Kier molecular flexibility index (Phi) is 5.49. The van der Waals surface area contributed by atoms with E-state index in [-0.39, 0.29) is 18.1 Å². The Morgan fingerprint density at radius 3 is 2.68 bits per heavy atom. The van der Waals surface area contributed by atoms with Crippen molar-refractivity contribution in [3.8, 4) is 0 Å². The maximum Gasteiger partial charge on any atom is 0.274 e. The first kappa shape index (κ1) is 16.0. The lowest BCUT2D eigenvalue weighted by molar-refractivity contribution is -0.385. The van der Waals surface area contributed by atoms with Crippen LogP contribution in [0.5, 0.6) is 0 Å². The number of nitro groups is 1. The average Bonchev–Trinajstić information content (AvgIpc) is 2.51. The fourth-order valence-electron chi connectivity index (χ4n) is 2.07. The molecular formula is C16H15ClN2O3. The van der Waals surface area contributed by atoms with Crippen molar-refractivity contribution < 1.29 is 9.72 Å². The Morgan fingerprint density at radius 2 is 1.95 bits per heavy atom. The lowest BCUT2D eigenvalue weighted by Gasteiger charge is -2.06. The van der Waals surface area contributed by atoms with Crippen molar-refractivity contribution in [2.75, 3.05) is 0 Å². The fourth-order valence-corrected chi connectivity index (χ4v) is 2.28. The molecule has 0 aliphatic rings. The van der Waals surface area contributed by atoms with E-state index >= 15 is 0 Å². The summed E-state index contributed by atoms with van der Waals surface area (Å²) in [4.78, 5) is 22.3. The lowest BCUT2D eigenvalue weighted by Crippen LogP contribution is -2.23. The molecule has 0 aromatic heterocycles. The number of para-hydroxylation sites is 1. The van der Waals surface area contributed by atoms with Gasteiger partial charge < -0.3 is 5.32 Å². The monoisotopic (exact) mass is 318 g/mol. The van der Waals surface area contributed by atoms with Crippen molar-refractivity contribution in [2.24, 2.45) is 0 Å². The molecule has 0 unspecified atom stereocenters. The van der Waals surface area contributed by atoms with Gasteiger partial charge in [0.15, 0.2) is 0 Å². The molecule has 5 nitrogen and oxygen atoms in total. The van der Waals surface area contributed by atoms with Crippen molar-refractivity contribution in [1.29, 1.82) is 0 Å². The highest BCUT2D eigenvalue weighted by Gasteiger charge is 2.12. The number of rotatable bonds is 6. The summed E-state index contributed by atoms with van der Waals surface area (Å²) in [6.45, 7) is 0.144. The van der Waals surface area contributed by atoms with E-state index in [1.807, 2.05) is 18.2 Å². The van der Waals surface area contributed by atoms with Gasteiger partial charge in [0.2, 0.25) is 5.91 Å². The molecule has 0 fully saturated rings. The number of nitrogens with zero attached hydrogens (tertiary/aromatic N) is 1. The zero-order valence-electron chi connectivity index (χ0n) is 11.8. The average molecular weight is 319 g/mol. The van der Waals surface area contributed by atoms with Gasteiger partial charge in [0.25, 0.3) is 5.69 Å². The Balaban J connectivity index is 1.87. The van der Waals surface area contributed by atoms with E-state index in [2.05, 4.69) is 5.32 Å². The largest absolute Gasteiger partial charge is 0.352 e. The predicted molar refractivity (Wildman–Crippen MR) is 84.7 cm³/mol. The van der Waals surface area contributed by atoms with Gasteiger partial charge in [-0.2, -0.15) is 0 Å². The maximum atomic E-state index is 11.8. The third kappa shape index (κ3) is 4.56. The normalized spacial score (nSPS) is 10.2. The molecule has 0 spiro atoms. The van der Waals surface area contributed by atoms with Crippen LogP contribution in [-0.4, -0.2) is 10.8 Å². The van der Waals surface area contributed by atoms with Gasteiger partial charge in [0.1, 0.15) is 0 Å². The van der Waals surface area contributed by atoms with Crippen LogP contribution in [0.3, 0.4) is 0 Å². The van der Waals surface area contributed by atoms with Crippen molar-refractivity contribution >= 4 is 23.2 Å². The zero-order valence-corrected chi connectivity index (χ0v) is 12.5. The van der Waals surface area contributed by atoms with E-state index in [9.17, 15) is 14.9 Å². The van der Waals surface area contributed by atoms with Crippen LogP contribution in [-0.2, 0) is 17.8 Å². The van der Waals surface area contributed by atoms with Gasteiger partial charge in [0, 0.05) is 29.6 Å². The van der Waals surface area contributed by atoms with Crippen molar-refractivity contribution in [3.05, 3.63) is 74.8 Å². The molecule has 114 valence electrons. The first-order valence-electron chi connectivity index (χ1n) is 6.79. The number of aryl methyl sites for hydroxylation is 1. The number of hydrogen-bond acceptors (Lipinski definition) is 3. The Labute approximate surface area is 133 Å². The molecule has 22 heavy (non-hydrogen) atoms. The van der Waals surface area contributed by atoms with Gasteiger partial charge in [-0.05, 0) is 24.1 Å². The number of carbonyl (C=O) groups is 1. The number of benzene rings is 2. The minimum atomic E-state index is -0.451. The maximum absolute atomic E-state index is 11.8. The summed E-state index contributed by atoms with van der Waals surface area (Å²) in [6, 6.07) is 13.7. The summed E-state index contributed by atoms with van der Waals surface area (Å²) in [5, 5.41) is 14.2. The number of nitrogens with one attached hydrogen (secondary N) is 1. The molecule has 1 amide bonds. The smallest absolute Gasteiger partial charge is 0.274 e. The van der Waals surface area contributed by atoms with E-state index < -0.39 is 4.92 Å². The standard InChI is InChI=1S/C16H15ClN2O3/c17-14-6-3-4-12(10-14)8-9-16(20)18-11-13-5-1-2-7-15(13)19(21)22/h1-7,10H,8-9,11H2,(H,18,20). The number of amides is 1. The SMILES string of the molecule is O=C(CCc1cccc(Cl)c1)NCc1ccccc1[N+](=O)[O-]. The summed E-state index contributed by atoms with van der Waals surface area (Å²) >= 11 is 5.88. The second kappa shape index (κ2) is 7.56. The zero-order chi connectivity index (χ0) is 15.9. The minimum Gasteiger partial charge on any atom is -0.352 e. The third-order valence-electron chi connectivity index (χ3n) is 3.19. The van der Waals surface area contributed by atoms with E-state index in [4.69, 9.17) is 11.6 Å². The second-order valence-corrected chi connectivity index (χ2v) is 5.23. The summed E-state index contributed by atoms with van der Waals surface area (Å²) < 4.78 is 0. The molecule has 0 saturated heterocycles. The number of halogens is 1. The molecule has 2 rings (SSSR count). The van der Waals surface area contributed by atoms with Gasteiger partial charge in [-0.3, -0.25) is 14.9 Å². The molecule has 0 radical (unpaired) electrons. The molecule has 0 saturated carbocycles. The van der Waals surface area contributed by atoms with Gasteiger partial charge in [0.05, 0.1) is 4.92 Å². The summed E-state index contributed by atoms with van der Waals surface area (Å²) in [6.07, 6.45) is 0.879. The van der Waals surface area contributed by atoms with E-state index in [1.54, 1.807) is 24.3 Å². The van der Waals surface area contributed by atoms with Crippen molar-refractivity contribution in [2.45, 2.75) is 19.4 Å². The van der Waals surface area contributed by atoms with Crippen LogP contribution in [0.2, 0.25) is 5.02 Å². The highest BCUT2D eigenvalue weighted by molar-refractivity contribution is 6.30. The quantitative estimate of drug-likeness (QED) is 0.654. The van der Waals surface area contributed by atoms with Crippen molar-refractivity contribution in [1.82, 2.24) is 5.32 Å². The lowest BCUT2D eigenvalue weighted by atomic mass is 10.1. The molecule has 0 atom stereocenters. The van der Waals surface area contributed by atoms with Gasteiger partial charge in [-0.15, -0.1) is 0 Å². The van der Waals surface area contributed by atoms with Crippen LogP contribution in [0.25, 0.3) is 0 Å². The van der Waals surface area contributed by atoms with E-state index in [1.165, 1.54) is 6.07 Å². The first-order chi connectivity index (χ1) is 10.6. The molecule has 0 aliphatic heterocycles. The van der Waals surface area contributed by atoms with Gasteiger partial charge in [-0.1, -0.05) is 41.9 Å². The molecular weight excluding hydrogens is 304 g/mol. The molecule has 2 aromatic rings. The number of nitro benzene ring substituents is 1. The summed E-state index contributed by atoms with van der Waals surface area (Å²) in [7, 11) is 0. The highest BCUT2D eigenvalue weighted by Crippen LogP contribution is 2.17. The number of hydrogen-bond donors (Lipinski definition) is 1. The van der Waals surface area contributed by atoms with Crippen molar-refractivity contribution in [3.63, 3.8) is 0 Å². The topological polar surface area (TPSA) is 72.2 Å². The van der Waals surface area contributed by atoms with Crippen LogP contribution in [0.1, 0.15) is 17.5 Å². The molecule has 6 heteroatoms. The Bertz CT molecular complexity index is 689. The van der Waals surface area contributed by atoms with Gasteiger partial charge >= 0.3 is 0 Å². The first-order valence-corrected chi connectivity index (χ1v) is 7.17. The molecule has 1 N–H and O–H groups in total. The van der Waals surface area contributed by atoms with Gasteiger partial charge in [-0.25, -0.2) is 0 Å². The second-order valence-electron chi connectivity index (χ2n) is 4.79. The van der Waals surface area contributed by atoms with Crippen LogP contribution < -0.4 is 5.32 Å². The fraction of sp³-hybridized carbons (Fsp3) is 0.188. The summed E-state index contributed by atoms with van der Waals surface area (Å²) in [5.74, 6) is -0.155. The third-order valence-corrected chi connectivity index (χ3v) is 3.43.